The van der Waals surface area contributed by atoms with E-state index < -0.39 is 66.2 Å². The van der Waals surface area contributed by atoms with Crippen LogP contribution in [0.15, 0.2) is 0 Å². The second-order valence-corrected chi connectivity index (χ2v) is 16.4. The first-order valence-corrected chi connectivity index (χ1v) is 23.3. The molecule has 0 spiro atoms. The van der Waals surface area contributed by atoms with Crippen molar-refractivity contribution in [2.24, 2.45) is 11.5 Å². The van der Waals surface area contributed by atoms with Crippen LogP contribution in [0.2, 0.25) is 0 Å². The first kappa shape index (κ1) is 54.6. The monoisotopic (exact) mass is 861 g/mol. The Bertz CT molecular complexity index is 1160. The lowest BCUT2D eigenvalue weighted by molar-refractivity contribution is -0.144. The molecule has 19 heteroatoms. The van der Waals surface area contributed by atoms with E-state index in [0.717, 1.165) is 85.8 Å². The van der Waals surface area contributed by atoms with E-state index >= 15 is 0 Å². The number of hydrogen-bond acceptors (Lipinski definition) is 14. The summed E-state index contributed by atoms with van der Waals surface area (Å²) in [6.45, 7) is 8.35. The van der Waals surface area contributed by atoms with Crippen molar-refractivity contribution < 1.29 is 47.8 Å². The number of rotatable bonds is 36. The number of Topliss-reactive ketones (excluding diaryl/α,β-unsaturated/α-hetero) is 1. The Hall–Kier alpha value is -3.42. The Balaban J connectivity index is 5.37. The van der Waals surface area contributed by atoms with E-state index in [9.17, 15) is 38.4 Å². The number of nitrogens with one attached hydrogen (secondary N) is 5. The average molecular weight is 862 g/mol. The summed E-state index contributed by atoms with van der Waals surface area (Å²) in [5.41, 5.74) is 12.0. The van der Waals surface area contributed by atoms with Crippen LogP contribution in [0.25, 0.3) is 0 Å². The lowest BCUT2D eigenvalue weighted by Crippen LogP contribution is -2.50. The van der Waals surface area contributed by atoms with E-state index in [0.29, 0.717) is 13.1 Å². The van der Waals surface area contributed by atoms with Crippen molar-refractivity contribution in [3.63, 3.8) is 0 Å². The fourth-order valence-corrected chi connectivity index (χ4v) is 7.63. The van der Waals surface area contributed by atoms with Gasteiger partial charge in [-0.05, 0) is 39.5 Å². The average Bonchev–Trinajstić information content (AvgIpc) is 3.20. The fraction of sp³-hybridized carbons (Fsp3) is 0.795. The predicted molar refractivity (Wildman–Crippen MR) is 227 cm³/mol. The highest BCUT2D eigenvalue weighted by molar-refractivity contribution is 8.76. The summed E-state index contributed by atoms with van der Waals surface area (Å²) in [6.07, 6.45) is 9.82. The summed E-state index contributed by atoms with van der Waals surface area (Å²) in [6, 6.07) is -3.98. The Morgan fingerprint density at radius 1 is 0.517 bits per heavy atom. The second kappa shape index (κ2) is 35.5. The Kier molecular flexibility index (Phi) is 33.4. The molecule has 5 amide bonds. The highest BCUT2D eigenvalue weighted by atomic mass is 33.1. The molecule has 0 aromatic heterocycles. The van der Waals surface area contributed by atoms with Crippen LogP contribution in [-0.2, 0) is 47.8 Å². The fourth-order valence-electron chi connectivity index (χ4n) is 5.27. The maximum absolute atomic E-state index is 13.2. The zero-order valence-electron chi connectivity index (χ0n) is 35.1. The van der Waals surface area contributed by atoms with Crippen LogP contribution in [0.4, 0.5) is 0 Å². The Labute approximate surface area is 352 Å². The molecule has 0 radical (unpaired) electrons. The van der Waals surface area contributed by atoms with Crippen molar-refractivity contribution in [3.05, 3.63) is 0 Å². The summed E-state index contributed by atoms with van der Waals surface area (Å²) in [5.74, 6) is -4.04. The molecule has 0 heterocycles. The largest absolute Gasteiger partial charge is 0.466 e. The molecule has 4 unspecified atom stereocenters. The van der Waals surface area contributed by atoms with Crippen LogP contribution in [0, 0.1) is 0 Å². The van der Waals surface area contributed by atoms with E-state index in [1.54, 1.807) is 13.8 Å². The molecule has 0 aliphatic carbocycles. The minimum absolute atomic E-state index is 0.00408. The quantitative estimate of drug-likeness (QED) is 0.0271. The van der Waals surface area contributed by atoms with Crippen LogP contribution in [-0.4, -0.2) is 116 Å². The first-order chi connectivity index (χ1) is 27.8. The van der Waals surface area contributed by atoms with Gasteiger partial charge in [0.1, 0.15) is 12.6 Å². The third-order valence-electron chi connectivity index (χ3n) is 8.72. The van der Waals surface area contributed by atoms with E-state index in [4.69, 9.17) is 20.9 Å². The van der Waals surface area contributed by atoms with Gasteiger partial charge in [-0.25, -0.2) is 0 Å². The summed E-state index contributed by atoms with van der Waals surface area (Å²) in [4.78, 5) is 101. The minimum atomic E-state index is -1.12. The van der Waals surface area contributed by atoms with Crippen molar-refractivity contribution in [1.82, 2.24) is 26.6 Å². The third kappa shape index (κ3) is 28.9. The molecule has 17 nitrogen and oxygen atoms in total. The van der Waals surface area contributed by atoms with Gasteiger partial charge in [-0.2, -0.15) is 0 Å². The van der Waals surface area contributed by atoms with Gasteiger partial charge in [0.15, 0.2) is 5.78 Å². The van der Waals surface area contributed by atoms with E-state index in [2.05, 4.69) is 40.4 Å². The number of esters is 2. The molecule has 0 bridgehead atoms. The Morgan fingerprint density at radius 2 is 0.966 bits per heavy atom. The predicted octanol–water partition coefficient (Wildman–Crippen LogP) is 2.32. The number of ketones is 1. The highest BCUT2D eigenvalue weighted by Crippen LogP contribution is 2.24. The molecule has 58 heavy (non-hydrogen) atoms. The topological polar surface area (TPSA) is 267 Å². The van der Waals surface area contributed by atoms with Crippen LogP contribution < -0.4 is 38.1 Å². The maximum Gasteiger partial charge on any atom is 0.325 e. The maximum atomic E-state index is 13.2. The summed E-state index contributed by atoms with van der Waals surface area (Å²) < 4.78 is 9.79. The summed E-state index contributed by atoms with van der Waals surface area (Å²) >= 11 is 0. The number of unbranched alkanes of at least 4 members (excludes halogenated alkanes) is 8. The van der Waals surface area contributed by atoms with Crippen LogP contribution in [0.1, 0.15) is 130 Å². The molecular formula is C39H71N7O10S2. The van der Waals surface area contributed by atoms with E-state index in [1.807, 2.05) is 0 Å². The van der Waals surface area contributed by atoms with Gasteiger partial charge in [0.2, 0.25) is 29.5 Å². The number of hydrogen-bond donors (Lipinski definition) is 7. The zero-order valence-corrected chi connectivity index (χ0v) is 36.8. The van der Waals surface area contributed by atoms with Gasteiger partial charge in [0.25, 0.3) is 0 Å². The molecule has 0 aromatic rings. The number of carbonyl (C=O) groups excluding carboxylic acids is 8. The SMILES string of the molecule is CCCCCCCNC(=O)C(N)CCC(=O)NC(CSSCC(NC(=O)CCC(N)C(=O)NCCCCCCC)C(=O)NCC(=O)OCC)C(=O)CCC(=O)OCC. The lowest BCUT2D eigenvalue weighted by Gasteiger charge is -2.20. The molecule has 9 N–H and O–H groups in total. The molecule has 334 valence electrons. The standard InChI is InChI=1S/C39H71N7O10S2/c1-5-9-11-13-15-23-42-37(52)28(40)17-20-33(48)45-30(32(47)19-22-35(50)55-7-3)26-57-58-27-31(39(54)44-25-36(51)56-8-4)46-34(49)21-18-29(41)38(53)43-24-16-14-12-10-6-2/h28-31H,5-27,40-41H2,1-4H3,(H,42,52)(H,43,53)(H,44,54)(H,45,48)(H,46,49). The minimum Gasteiger partial charge on any atom is -0.466 e. The van der Waals surface area contributed by atoms with Crippen LogP contribution >= 0.6 is 21.6 Å². The zero-order chi connectivity index (χ0) is 43.6. The van der Waals surface area contributed by atoms with Crippen molar-refractivity contribution >= 4 is 68.8 Å². The molecule has 0 aromatic carbocycles. The molecule has 0 aliphatic rings. The molecule has 0 saturated heterocycles. The van der Waals surface area contributed by atoms with Gasteiger partial charge in [0, 0.05) is 43.9 Å². The number of amides is 5. The Morgan fingerprint density at radius 3 is 1.45 bits per heavy atom. The van der Waals surface area contributed by atoms with Crippen molar-refractivity contribution in [2.45, 2.75) is 155 Å². The van der Waals surface area contributed by atoms with Gasteiger partial charge in [0.05, 0.1) is 37.8 Å². The molecule has 0 saturated carbocycles. The van der Waals surface area contributed by atoms with Crippen LogP contribution in [0.3, 0.4) is 0 Å². The smallest absolute Gasteiger partial charge is 0.325 e. The van der Waals surface area contributed by atoms with Gasteiger partial charge in [-0.3, -0.25) is 38.4 Å². The van der Waals surface area contributed by atoms with Gasteiger partial charge < -0.3 is 47.5 Å². The van der Waals surface area contributed by atoms with Crippen molar-refractivity contribution in [3.8, 4) is 0 Å². The first-order valence-electron chi connectivity index (χ1n) is 20.8. The summed E-state index contributed by atoms with van der Waals surface area (Å²) in [5, 5.41) is 13.3. The molecule has 0 rings (SSSR count). The number of carbonyl (C=O) groups is 8. The molecule has 4 atom stereocenters. The van der Waals surface area contributed by atoms with E-state index in [1.165, 1.54) is 0 Å². The third-order valence-corrected chi connectivity index (χ3v) is 11.1. The van der Waals surface area contributed by atoms with Gasteiger partial charge in [-0.15, -0.1) is 0 Å². The normalized spacial score (nSPS) is 12.9. The number of nitrogens with two attached hydrogens (primary N) is 2. The molecule has 0 aliphatic heterocycles. The number of ether oxygens (including phenoxy) is 2. The summed E-state index contributed by atoms with van der Waals surface area (Å²) in [7, 11) is 2.27. The molecule has 0 fully saturated rings. The highest BCUT2D eigenvalue weighted by Gasteiger charge is 2.26. The molecular weight excluding hydrogens is 791 g/mol. The lowest BCUT2D eigenvalue weighted by atomic mass is 10.1. The van der Waals surface area contributed by atoms with Gasteiger partial charge in [-0.1, -0.05) is 86.8 Å². The van der Waals surface area contributed by atoms with Crippen molar-refractivity contribution in [1.29, 1.82) is 0 Å². The van der Waals surface area contributed by atoms with Gasteiger partial charge >= 0.3 is 11.9 Å². The second-order valence-electron chi connectivity index (χ2n) is 13.8. The van der Waals surface area contributed by atoms with E-state index in [-0.39, 0.29) is 75.1 Å². The van der Waals surface area contributed by atoms with Crippen molar-refractivity contribution in [2.75, 3.05) is 44.4 Å². The van der Waals surface area contributed by atoms with Crippen LogP contribution in [0.5, 0.6) is 0 Å².